The van der Waals surface area contributed by atoms with Gasteiger partial charge in [0.1, 0.15) is 11.5 Å². The number of nitrogens with zero attached hydrogens (tertiary/aromatic N) is 3. The van der Waals surface area contributed by atoms with Crippen LogP contribution >= 0.6 is 0 Å². The van der Waals surface area contributed by atoms with Gasteiger partial charge >= 0.3 is 0 Å². The Morgan fingerprint density at radius 1 is 1.19 bits per heavy atom. The molecule has 2 heterocycles. The number of aryl methyl sites for hydroxylation is 1. The molecule has 2 aromatic carbocycles. The van der Waals surface area contributed by atoms with Crippen LogP contribution in [0.15, 0.2) is 67.3 Å². The molecule has 0 saturated carbocycles. The van der Waals surface area contributed by atoms with Crippen molar-refractivity contribution < 1.29 is 19.3 Å². The maximum Gasteiger partial charge on any atom is 0.227 e. The van der Waals surface area contributed by atoms with Crippen LogP contribution in [0.4, 0.5) is 0 Å². The number of hydrogen-bond donors (Lipinski definition) is 1. The lowest BCUT2D eigenvalue weighted by Gasteiger charge is -2.27. The molecule has 2 atom stereocenters. The fraction of sp³-hybridized carbons (Fsp3) is 0.414. The normalized spacial score (nSPS) is 16.3. The molecular formula is C29H37N3O4. The van der Waals surface area contributed by atoms with Crippen molar-refractivity contribution in [3.8, 4) is 23.1 Å². The highest BCUT2D eigenvalue weighted by Gasteiger charge is 2.25. The maximum absolute atomic E-state index is 10.7. The first-order valence-corrected chi connectivity index (χ1v) is 12.7. The summed E-state index contributed by atoms with van der Waals surface area (Å²) in [4.78, 5) is 2.27. The maximum atomic E-state index is 10.7. The zero-order valence-electron chi connectivity index (χ0n) is 21.3. The highest BCUT2D eigenvalue weighted by atomic mass is 16.5. The van der Waals surface area contributed by atoms with Crippen molar-refractivity contribution in [1.82, 2.24) is 14.7 Å². The Bertz CT molecular complexity index is 1090. The predicted molar refractivity (Wildman–Crippen MR) is 141 cm³/mol. The Kier molecular flexibility index (Phi) is 9.17. The van der Waals surface area contributed by atoms with Crippen molar-refractivity contribution in [1.29, 1.82) is 0 Å². The molecule has 192 valence electrons. The van der Waals surface area contributed by atoms with E-state index in [1.165, 1.54) is 0 Å². The third-order valence-electron chi connectivity index (χ3n) is 6.45. The number of ether oxygens (including phenoxy) is 3. The van der Waals surface area contributed by atoms with Crippen LogP contribution in [0.5, 0.6) is 17.4 Å². The first-order chi connectivity index (χ1) is 17.6. The summed E-state index contributed by atoms with van der Waals surface area (Å²) < 4.78 is 19.6. The minimum absolute atomic E-state index is 0.173. The number of aliphatic hydroxyl groups excluding tert-OH is 1. The third kappa shape index (κ3) is 6.75. The molecule has 1 aromatic heterocycles. The Labute approximate surface area is 213 Å². The van der Waals surface area contributed by atoms with E-state index in [0.717, 1.165) is 55.1 Å². The van der Waals surface area contributed by atoms with Crippen LogP contribution in [0.1, 0.15) is 36.9 Å². The molecule has 0 spiro atoms. The molecule has 1 N–H and O–H groups in total. The molecular weight excluding hydrogens is 454 g/mol. The van der Waals surface area contributed by atoms with Crippen LogP contribution in [0.3, 0.4) is 0 Å². The van der Waals surface area contributed by atoms with Gasteiger partial charge < -0.3 is 19.3 Å². The molecule has 7 nitrogen and oxygen atoms in total. The van der Waals surface area contributed by atoms with E-state index in [-0.39, 0.29) is 6.10 Å². The molecule has 1 aliphatic heterocycles. The lowest BCUT2D eigenvalue weighted by Crippen LogP contribution is -2.37. The lowest BCUT2D eigenvalue weighted by atomic mass is 10.1. The molecule has 4 rings (SSSR count). The molecule has 7 heteroatoms. The number of rotatable bonds is 13. The number of aromatic nitrogens is 2. The van der Waals surface area contributed by atoms with Crippen molar-refractivity contribution in [2.24, 2.45) is 0 Å². The molecule has 1 aliphatic rings. The van der Waals surface area contributed by atoms with Gasteiger partial charge in [0.05, 0.1) is 36.3 Å². The number of para-hydroxylation sites is 1. The molecule has 36 heavy (non-hydrogen) atoms. The number of benzene rings is 2. The minimum atomic E-state index is -0.445. The smallest absolute Gasteiger partial charge is 0.227 e. The molecule has 0 aliphatic carbocycles. The van der Waals surface area contributed by atoms with Gasteiger partial charge in [0, 0.05) is 26.2 Å². The molecule has 3 aromatic rings. The highest BCUT2D eigenvalue weighted by Crippen LogP contribution is 2.32. The summed E-state index contributed by atoms with van der Waals surface area (Å²) in [6, 6.07) is 17.5. The monoisotopic (exact) mass is 491 g/mol. The number of hydrogen-bond acceptors (Lipinski definition) is 6. The minimum Gasteiger partial charge on any atom is -0.497 e. The number of allylic oxidation sites excluding steroid dienone is 1. The van der Waals surface area contributed by atoms with E-state index in [1.54, 1.807) is 7.11 Å². The summed E-state index contributed by atoms with van der Waals surface area (Å²) in [7, 11) is 1.65. The third-order valence-corrected chi connectivity index (χ3v) is 6.45. The van der Waals surface area contributed by atoms with E-state index in [0.29, 0.717) is 31.1 Å². The van der Waals surface area contributed by atoms with Crippen molar-refractivity contribution in [3.05, 3.63) is 78.5 Å². The SMILES string of the molecule is C=CCC[C@@H](O)CN(Cc1c(C)nn(-c2ccccc2)c1Oc1ccc(OC)cc1)C[C@@H]1CCCO1. The van der Waals surface area contributed by atoms with Crippen LogP contribution in [0, 0.1) is 6.92 Å². The summed E-state index contributed by atoms with van der Waals surface area (Å²) in [5.41, 5.74) is 2.80. The standard InChI is InChI=1S/C29H37N3O4/c1-4-5-12-24(33)19-31(20-27-13-9-18-35-27)21-28-22(2)30-32(23-10-7-6-8-11-23)29(28)36-26-16-14-25(34-3)15-17-26/h4,6-8,10-11,14-17,24,27,33H,1,5,9,12-13,18-21H2,2-3H3/t24-,27+/m1/s1. The van der Waals surface area contributed by atoms with E-state index in [1.807, 2.05) is 72.3 Å². The summed E-state index contributed by atoms with van der Waals surface area (Å²) >= 11 is 0. The Balaban J connectivity index is 1.65. The summed E-state index contributed by atoms with van der Waals surface area (Å²) in [6.45, 7) is 8.49. The predicted octanol–water partition coefficient (Wildman–Crippen LogP) is 5.29. The second-order valence-corrected chi connectivity index (χ2v) is 9.24. The largest absolute Gasteiger partial charge is 0.497 e. The van der Waals surface area contributed by atoms with E-state index < -0.39 is 6.10 Å². The van der Waals surface area contributed by atoms with Crippen molar-refractivity contribution >= 4 is 0 Å². The fourth-order valence-corrected chi connectivity index (χ4v) is 4.53. The van der Waals surface area contributed by atoms with E-state index in [4.69, 9.17) is 19.3 Å². The number of aliphatic hydroxyl groups is 1. The molecule has 1 fully saturated rings. The van der Waals surface area contributed by atoms with Gasteiger partial charge in [-0.3, -0.25) is 4.90 Å². The van der Waals surface area contributed by atoms with Gasteiger partial charge in [-0.1, -0.05) is 24.3 Å². The van der Waals surface area contributed by atoms with Gasteiger partial charge in [-0.15, -0.1) is 6.58 Å². The van der Waals surface area contributed by atoms with Gasteiger partial charge in [-0.2, -0.15) is 5.10 Å². The van der Waals surface area contributed by atoms with E-state index >= 15 is 0 Å². The van der Waals surface area contributed by atoms with E-state index in [9.17, 15) is 5.11 Å². The van der Waals surface area contributed by atoms with Crippen LogP contribution in [0.25, 0.3) is 5.69 Å². The zero-order valence-corrected chi connectivity index (χ0v) is 21.3. The molecule has 0 unspecified atom stereocenters. The van der Waals surface area contributed by atoms with Gasteiger partial charge in [0.2, 0.25) is 5.88 Å². The Hall–Kier alpha value is -3.13. The second-order valence-electron chi connectivity index (χ2n) is 9.24. The first kappa shape index (κ1) is 25.9. The first-order valence-electron chi connectivity index (χ1n) is 12.7. The summed E-state index contributed by atoms with van der Waals surface area (Å²) in [5, 5.41) is 15.6. The molecule has 1 saturated heterocycles. The van der Waals surface area contributed by atoms with Crippen molar-refractivity contribution in [2.75, 3.05) is 26.8 Å². The zero-order chi connectivity index (χ0) is 25.3. The van der Waals surface area contributed by atoms with Crippen LogP contribution < -0.4 is 9.47 Å². The summed E-state index contributed by atoms with van der Waals surface area (Å²) in [5.74, 6) is 2.14. The number of methoxy groups -OCH3 is 1. The molecule has 0 bridgehead atoms. The Morgan fingerprint density at radius 2 is 1.94 bits per heavy atom. The Morgan fingerprint density at radius 3 is 2.61 bits per heavy atom. The summed E-state index contributed by atoms with van der Waals surface area (Å²) in [6.07, 6.45) is 5.16. The average molecular weight is 492 g/mol. The van der Waals surface area contributed by atoms with Crippen LogP contribution in [-0.4, -0.2) is 58.8 Å². The van der Waals surface area contributed by atoms with Gasteiger partial charge in [-0.25, -0.2) is 4.68 Å². The van der Waals surface area contributed by atoms with E-state index in [2.05, 4.69) is 11.5 Å². The van der Waals surface area contributed by atoms with Gasteiger partial charge in [0.15, 0.2) is 0 Å². The van der Waals surface area contributed by atoms with Gasteiger partial charge in [-0.05, 0) is 69.0 Å². The van der Waals surface area contributed by atoms with Gasteiger partial charge in [0.25, 0.3) is 0 Å². The highest BCUT2D eigenvalue weighted by molar-refractivity contribution is 5.44. The van der Waals surface area contributed by atoms with Crippen molar-refractivity contribution in [2.45, 2.75) is 51.4 Å². The average Bonchev–Trinajstić information content (AvgIpc) is 3.52. The van der Waals surface area contributed by atoms with Crippen LogP contribution in [0.2, 0.25) is 0 Å². The van der Waals surface area contributed by atoms with Crippen LogP contribution in [-0.2, 0) is 11.3 Å². The lowest BCUT2D eigenvalue weighted by molar-refractivity contribution is 0.0442. The quantitative estimate of drug-likeness (QED) is 0.328. The second kappa shape index (κ2) is 12.7. The van der Waals surface area contributed by atoms with Crippen molar-refractivity contribution in [3.63, 3.8) is 0 Å². The fourth-order valence-electron chi connectivity index (χ4n) is 4.53. The topological polar surface area (TPSA) is 69.0 Å². The molecule has 0 radical (unpaired) electrons. The molecule has 0 amide bonds.